The van der Waals surface area contributed by atoms with Crippen molar-refractivity contribution >= 4 is 28.8 Å². The number of rotatable bonds is 3. The van der Waals surface area contributed by atoms with E-state index in [1.165, 1.54) is 0 Å². The van der Waals surface area contributed by atoms with E-state index in [4.69, 9.17) is 5.73 Å². The first-order chi connectivity index (χ1) is 9.56. The Morgan fingerprint density at radius 3 is 2.48 bits per heavy atom. The second-order valence-electron chi connectivity index (χ2n) is 5.55. The molecule has 0 spiro atoms. The average molecular weight is 316 g/mol. The first-order valence-corrected chi connectivity index (χ1v) is 6.75. The normalized spacial score (nSPS) is 18.5. The van der Waals surface area contributed by atoms with Crippen molar-refractivity contribution in [3.8, 4) is 0 Å². The van der Waals surface area contributed by atoms with Crippen LogP contribution in [0.2, 0.25) is 0 Å². The molecule has 1 amide bonds. The van der Waals surface area contributed by atoms with Gasteiger partial charge in [0.15, 0.2) is 0 Å². The highest BCUT2D eigenvalue weighted by Crippen LogP contribution is 2.42. The first kappa shape index (κ1) is 15.8. The second kappa shape index (κ2) is 4.98. The maximum Gasteiger partial charge on any atom is 0.399 e. The largest absolute Gasteiger partial charge is 0.399 e. The van der Waals surface area contributed by atoms with Crippen LogP contribution in [-0.2, 0) is 10.2 Å². The first-order valence-electron chi connectivity index (χ1n) is 6.34. The number of para-hydroxylation sites is 1. The molecule has 0 saturated heterocycles. The predicted molar refractivity (Wildman–Crippen MR) is 78.2 cm³/mol. The summed E-state index contributed by atoms with van der Waals surface area (Å²) in [7, 11) is 0. The number of hydrogen-bond donors (Lipinski definition) is 1. The molecule has 0 saturated carbocycles. The molecule has 1 heterocycles. The van der Waals surface area contributed by atoms with E-state index in [-0.39, 0.29) is 5.91 Å². The standard InChI is InChI=1S/C14H15F3N2OS/c1-13(2)8-5-3-4-6-10(8)19(12(13)20)7-9(11(18)21)14(15,16)17/h3-6,9H,7H2,1-2H3,(H2,18,21). The molecule has 2 rings (SSSR count). The van der Waals surface area contributed by atoms with Crippen molar-refractivity contribution in [1.82, 2.24) is 0 Å². The van der Waals surface area contributed by atoms with Crippen molar-refractivity contribution in [2.75, 3.05) is 11.4 Å². The molecular weight excluding hydrogens is 301 g/mol. The third-order valence-corrected chi connectivity index (χ3v) is 4.04. The fourth-order valence-corrected chi connectivity index (χ4v) is 2.73. The fourth-order valence-electron chi connectivity index (χ4n) is 2.52. The number of carbonyl (C=O) groups is 1. The van der Waals surface area contributed by atoms with Gasteiger partial charge >= 0.3 is 6.18 Å². The lowest BCUT2D eigenvalue weighted by molar-refractivity contribution is -0.153. The summed E-state index contributed by atoms with van der Waals surface area (Å²) in [6.45, 7) is 2.80. The number of halogens is 3. The number of amides is 1. The quantitative estimate of drug-likeness (QED) is 0.872. The zero-order chi connectivity index (χ0) is 16.0. The molecule has 2 N–H and O–H groups in total. The summed E-state index contributed by atoms with van der Waals surface area (Å²) in [5, 5.41) is 0. The highest BCUT2D eigenvalue weighted by atomic mass is 32.1. The molecule has 0 radical (unpaired) electrons. The Kier molecular flexibility index (Phi) is 3.73. The Balaban J connectivity index is 2.42. The molecule has 1 aromatic rings. The maximum atomic E-state index is 13.0. The monoisotopic (exact) mass is 316 g/mol. The molecule has 7 heteroatoms. The third-order valence-electron chi connectivity index (χ3n) is 3.75. The summed E-state index contributed by atoms with van der Waals surface area (Å²) in [5.41, 5.74) is 5.54. The summed E-state index contributed by atoms with van der Waals surface area (Å²) >= 11 is 4.51. The molecule has 1 aromatic carbocycles. The topological polar surface area (TPSA) is 46.3 Å². The van der Waals surface area contributed by atoms with Gasteiger partial charge in [0.25, 0.3) is 0 Å². The van der Waals surface area contributed by atoms with E-state index < -0.39 is 29.0 Å². The van der Waals surface area contributed by atoms with Crippen molar-refractivity contribution in [2.24, 2.45) is 11.7 Å². The highest BCUT2D eigenvalue weighted by molar-refractivity contribution is 7.80. The Bertz CT molecular complexity index is 598. The zero-order valence-corrected chi connectivity index (χ0v) is 12.4. The summed E-state index contributed by atoms with van der Waals surface area (Å²) in [5.74, 6) is -2.40. The molecule has 1 atom stereocenters. The average Bonchev–Trinajstić information content (AvgIpc) is 2.54. The molecule has 21 heavy (non-hydrogen) atoms. The van der Waals surface area contributed by atoms with Crippen LogP contribution < -0.4 is 10.6 Å². The molecule has 1 unspecified atom stereocenters. The second-order valence-corrected chi connectivity index (χ2v) is 6.03. The lowest BCUT2D eigenvalue weighted by atomic mass is 9.86. The van der Waals surface area contributed by atoms with Gasteiger partial charge in [0.05, 0.1) is 10.4 Å². The summed E-state index contributed by atoms with van der Waals surface area (Å²) in [4.78, 5) is 12.9. The molecule has 0 bridgehead atoms. The molecule has 0 fully saturated rings. The van der Waals surface area contributed by atoms with Crippen molar-refractivity contribution in [3.63, 3.8) is 0 Å². The molecule has 0 aliphatic carbocycles. The van der Waals surface area contributed by atoms with E-state index in [1.807, 2.05) is 0 Å². The molecule has 114 valence electrons. The lowest BCUT2D eigenvalue weighted by Gasteiger charge is -2.26. The number of alkyl halides is 3. The van der Waals surface area contributed by atoms with Gasteiger partial charge in [0.1, 0.15) is 5.92 Å². The Hall–Kier alpha value is -1.63. The minimum Gasteiger partial charge on any atom is -0.393 e. The van der Waals surface area contributed by atoms with Crippen LogP contribution in [0, 0.1) is 5.92 Å². The number of hydrogen-bond acceptors (Lipinski definition) is 2. The third kappa shape index (κ3) is 2.62. The van der Waals surface area contributed by atoms with Crippen LogP contribution >= 0.6 is 12.2 Å². The van der Waals surface area contributed by atoms with Gasteiger partial charge in [0, 0.05) is 12.2 Å². The maximum absolute atomic E-state index is 13.0. The number of carbonyl (C=O) groups excluding carboxylic acids is 1. The van der Waals surface area contributed by atoms with E-state index in [9.17, 15) is 18.0 Å². The number of nitrogens with two attached hydrogens (primary N) is 1. The van der Waals surface area contributed by atoms with Gasteiger partial charge in [-0.25, -0.2) is 0 Å². The van der Waals surface area contributed by atoms with E-state index in [0.717, 1.165) is 4.90 Å². The van der Waals surface area contributed by atoms with Crippen molar-refractivity contribution < 1.29 is 18.0 Å². The van der Waals surface area contributed by atoms with Gasteiger partial charge < -0.3 is 10.6 Å². The van der Waals surface area contributed by atoms with Gasteiger partial charge in [-0.2, -0.15) is 13.2 Å². The van der Waals surface area contributed by atoms with E-state index in [1.54, 1.807) is 38.1 Å². The minimum absolute atomic E-state index is 0.380. The molecular formula is C14H15F3N2OS. The fraction of sp³-hybridized carbons (Fsp3) is 0.429. The number of fused-ring (bicyclic) bond motifs is 1. The minimum atomic E-state index is -4.58. The number of thiocarbonyl (C=S) groups is 1. The van der Waals surface area contributed by atoms with Gasteiger partial charge in [-0.3, -0.25) is 4.79 Å². The molecule has 1 aliphatic rings. The van der Waals surface area contributed by atoms with Crippen molar-refractivity contribution in [1.29, 1.82) is 0 Å². The highest BCUT2D eigenvalue weighted by Gasteiger charge is 2.49. The molecule has 3 nitrogen and oxygen atoms in total. The Morgan fingerprint density at radius 1 is 1.38 bits per heavy atom. The number of nitrogens with zero attached hydrogens (tertiary/aromatic N) is 1. The molecule has 1 aliphatic heterocycles. The Morgan fingerprint density at radius 2 is 1.95 bits per heavy atom. The van der Waals surface area contributed by atoms with Crippen LogP contribution in [0.15, 0.2) is 24.3 Å². The Labute approximate surface area is 125 Å². The SMILES string of the molecule is CC1(C)C(=O)N(CC(C(N)=S)C(F)(F)F)c2ccccc21. The van der Waals surface area contributed by atoms with E-state index in [0.29, 0.717) is 11.3 Å². The van der Waals surface area contributed by atoms with Gasteiger partial charge in [-0.1, -0.05) is 30.4 Å². The van der Waals surface area contributed by atoms with E-state index >= 15 is 0 Å². The van der Waals surface area contributed by atoms with Crippen LogP contribution in [0.3, 0.4) is 0 Å². The van der Waals surface area contributed by atoms with Crippen LogP contribution in [0.5, 0.6) is 0 Å². The van der Waals surface area contributed by atoms with Crippen molar-refractivity contribution in [3.05, 3.63) is 29.8 Å². The van der Waals surface area contributed by atoms with Crippen LogP contribution in [0.25, 0.3) is 0 Å². The smallest absolute Gasteiger partial charge is 0.393 e. The summed E-state index contributed by atoms with van der Waals surface area (Å²) in [6, 6.07) is 6.82. The van der Waals surface area contributed by atoms with Gasteiger partial charge in [-0.05, 0) is 25.5 Å². The van der Waals surface area contributed by atoms with Crippen LogP contribution in [0.4, 0.5) is 18.9 Å². The van der Waals surface area contributed by atoms with Crippen molar-refractivity contribution in [2.45, 2.75) is 25.4 Å². The summed E-state index contributed by atoms with van der Waals surface area (Å²) in [6.07, 6.45) is -4.58. The van der Waals surface area contributed by atoms with Gasteiger partial charge in [-0.15, -0.1) is 0 Å². The zero-order valence-electron chi connectivity index (χ0n) is 11.6. The van der Waals surface area contributed by atoms with Crippen LogP contribution in [-0.4, -0.2) is 23.6 Å². The summed E-state index contributed by atoms with van der Waals surface area (Å²) < 4.78 is 39.0. The number of anilines is 1. The van der Waals surface area contributed by atoms with Gasteiger partial charge in [0.2, 0.25) is 5.91 Å². The van der Waals surface area contributed by atoms with E-state index in [2.05, 4.69) is 12.2 Å². The molecule has 0 aromatic heterocycles. The predicted octanol–water partition coefficient (Wildman–Crippen LogP) is 2.78. The lowest BCUT2D eigenvalue weighted by Crippen LogP contribution is -2.46. The van der Waals surface area contributed by atoms with Crippen LogP contribution in [0.1, 0.15) is 19.4 Å². The number of benzene rings is 1.